The predicted octanol–water partition coefficient (Wildman–Crippen LogP) is 3.98. The number of hydrogen-bond donors (Lipinski definition) is 1. The Bertz CT molecular complexity index is 879. The first-order valence-corrected chi connectivity index (χ1v) is 6.46. The Morgan fingerprint density at radius 1 is 1.00 bits per heavy atom. The zero-order valence-corrected chi connectivity index (χ0v) is 11.1. The van der Waals surface area contributed by atoms with Gasteiger partial charge >= 0.3 is 5.97 Å². The maximum Gasteiger partial charge on any atom is 0.346 e. The number of aliphatic carboxylic acids is 1. The van der Waals surface area contributed by atoms with Crippen LogP contribution in [0.3, 0.4) is 0 Å². The van der Waals surface area contributed by atoms with Crippen molar-refractivity contribution in [3.63, 3.8) is 0 Å². The molecule has 0 amide bonds. The van der Waals surface area contributed by atoms with E-state index in [-0.39, 0.29) is 5.57 Å². The molecule has 3 nitrogen and oxygen atoms in total. The molecule has 0 fully saturated rings. The molecule has 0 aromatic heterocycles. The first-order valence-electron chi connectivity index (χ1n) is 6.46. The first kappa shape index (κ1) is 12.9. The Balaban J connectivity index is 2.47. The van der Waals surface area contributed by atoms with Crippen LogP contribution >= 0.6 is 0 Å². The molecular weight excluding hydrogens is 262 g/mol. The van der Waals surface area contributed by atoms with Crippen molar-refractivity contribution in [2.45, 2.75) is 0 Å². The van der Waals surface area contributed by atoms with Crippen molar-refractivity contribution in [2.24, 2.45) is 0 Å². The summed E-state index contributed by atoms with van der Waals surface area (Å²) in [7, 11) is 0. The van der Waals surface area contributed by atoms with Crippen molar-refractivity contribution in [2.75, 3.05) is 0 Å². The maximum atomic E-state index is 11.1. The molecule has 3 aromatic carbocycles. The van der Waals surface area contributed by atoms with Gasteiger partial charge in [0.2, 0.25) is 0 Å². The number of carboxylic acid groups (broad SMARTS) is 1. The number of benzene rings is 3. The smallest absolute Gasteiger partial charge is 0.346 e. The normalized spacial score (nSPS) is 11.5. The van der Waals surface area contributed by atoms with E-state index in [2.05, 4.69) is 6.07 Å². The van der Waals surface area contributed by atoms with Crippen molar-refractivity contribution < 1.29 is 9.90 Å². The standard InChI is InChI=1S/C18H11NO2/c19-11-14(18(20)21)10-17-15-7-3-1-5-12(15)9-13-6-2-4-8-16(13)17/h1-10H,(H,20,21)/b14-10+. The van der Waals surface area contributed by atoms with Crippen LogP contribution in [0.4, 0.5) is 0 Å². The number of carbonyl (C=O) groups is 1. The fraction of sp³-hybridized carbons (Fsp3) is 0. The molecular formula is C18H11NO2. The summed E-state index contributed by atoms with van der Waals surface area (Å²) in [6, 6.07) is 19.3. The van der Waals surface area contributed by atoms with Gasteiger partial charge in [-0.3, -0.25) is 0 Å². The molecule has 0 aliphatic carbocycles. The van der Waals surface area contributed by atoms with E-state index >= 15 is 0 Å². The van der Waals surface area contributed by atoms with Gasteiger partial charge in [-0.1, -0.05) is 48.5 Å². The molecule has 0 aliphatic heterocycles. The second kappa shape index (κ2) is 5.10. The topological polar surface area (TPSA) is 61.1 Å². The molecule has 0 saturated heterocycles. The van der Waals surface area contributed by atoms with Crippen LogP contribution in [0, 0.1) is 11.3 Å². The monoisotopic (exact) mass is 273 g/mol. The van der Waals surface area contributed by atoms with Crippen LogP contribution in [0.2, 0.25) is 0 Å². The molecule has 0 saturated carbocycles. The zero-order chi connectivity index (χ0) is 14.8. The summed E-state index contributed by atoms with van der Waals surface area (Å²) in [6.45, 7) is 0. The highest BCUT2D eigenvalue weighted by Gasteiger charge is 2.10. The van der Waals surface area contributed by atoms with Crippen molar-refractivity contribution in [1.29, 1.82) is 5.26 Å². The zero-order valence-electron chi connectivity index (χ0n) is 11.1. The van der Waals surface area contributed by atoms with E-state index in [1.165, 1.54) is 6.08 Å². The van der Waals surface area contributed by atoms with Crippen molar-refractivity contribution >= 4 is 33.6 Å². The second-order valence-electron chi connectivity index (χ2n) is 4.71. The minimum Gasteiger partial charge on any atom is -0.477 e. The van der Waals surface area contributed by atoms with Gasteiger partial charge in [0, 0.05) is 0 Å². The molecule has 0 spiro atoms. The molecule has 0 unspecified atom stereocenters. The largest absolute Gasteiger partial charge is 0.477 e. The van der Waals surface area contributed by atoms with Crippen molar-refractivity contribution in [1.82, 2.24) is 0 Å². The molecule has 0 atom stereocenters. The maximum absolute atomic E-state index is 11.1. The van der Waals surface area contributed by atoms with Crippen molar-refractivity contribution in [3.8, 4) is 6.07 Å². The third-order valence-corrected chi connectivity index (χ3v) is 3.45. The van der Waals surface area contributed by atoms with Crippen LogP contribution in [0.1, 0.15) is 5.56 Å². The molecule has 3 rings (SSSR count). The van der Waals surface area contributed by atoms with E-state index in [1.807, 2.05) is 48.5 Å². The van der Waals surface area contributed by atoms with Gasteiger partial charge in [0.05, 0.1) is 0 Å². The summed E-state index contributed by atoms with van der Waals surface area (Å²) in [5, 5.41) is 22.0. The number of carboxylic acids is 1. The fourth-order valence-corrected chi connectivity index (χ4v) is 2.49. The van der Waals surface area contributed by atoms with Gasteiger partial charge < -0.3 is 5.11 Å². The predicted molar refractivity (Wildman–Crippen MR) is 82.7 cm³/mol. The lowest BCUT2D eigenvalue weighted by Gasteiger charge is -2.08. The number of fused-ring (bicyclic) bond motifs is 2. The molecule has 21 heavy (non-hydrogen) atoms. The van der Waals surface area contributed by atoms with Gasteiger partial charge in [0.25, 0.3) is 0 Å². The number of rotatable bonds is 2. The SMILES string of the molecule is N#C/C(=C\c1c2ccccc2cc2ccccc12)C(=O)O. The molecule has 3 heteroatoms. The second-order valence-corrected chi connectivity index (χ2v) is 4.71. The first-order chi connectivity index (χ1) is 10.2. The van der Waals surface area contributed by atoms with Crippen LogP contribution in [0.25, 0.3) is 27.6 Å². The highest BCUT2D eigenvalue weighted by atomic mass is 16.4. The van der Waals surface area contributed by atoms with Gasteiger partial charge in [-0.2, -0.15) is 5.26 Å². The molecule has 100 valence electrons. The van der Waals surface area contributed by atoms with E-state index < -0.39 is 5.97 Å². The average Bonchev–Trinajstić information content (AvgIpc) is 2.51. The Labute approximate surface area is 121 Å². The summed E-state index contributed by atoms with van der Waals surface area (Å²) < 4.78 is 0. The Morgan fingerprint density at radius 3 is 2.00 bits per heavy atom. The van der Waals surface area contributed by atoms with Crippen LogP contribution in [0.5, 0.6) is 0 Å². The molecule has 0 bridgehead atoms. The van der Waals surface area contributed by atoms with Crippen LogP contribution in [-0.2, 0) is 4.79 Å². The average molecular weight is 273 g/mol. The van der Waals surface area contributed by atoms with E-state index in [0.717, 1.165) is 27.1 Å². The molecule has 0 heterocycles. The minimum absolute atomic E-state index is 0.267. The van der Waals surface area contributed by atoms with E-state index in [0.29, 0.717) is 0 Å². The van der Waals surface area contributed by atoms with E-state index in [4.69, 9.17) is 10.4 Å². The van der Waals surface area contributed by atoms with Crippen LogP contribution < -0.4 is 0 Å². The summed E-state index contributed by atoms with van der Waals surface area (Å²) in [5.41, 5.74) is 0.499. The van der Waals surface area contributed by atoms with E-state index in [1.54, 1.807) is 6.07 Å². The van der Waals surface area contributed by atoms with Gasteiger partial charge in [-0.15, -0.1) is 0 Å². The lowest BCUT2D eigenvalue weighted by molar-refractivity contribution is -0.132. The van der Waals surface area contributed by atoms with Crippen LogP contribution in [0.15, 0.2) is 60.2 Å². The number of nitriles is 1. The van der Waals surface area contributed by atoms with Gasteiger partial charge in [0.15, 0.2) is 0 Å². The molecule has 3 aromatic rings. The van der Waals surface area contributed by atoms with Crippen molar-refractivity contribution in [3.05, 3.63) is 65.7 Å². The lowest BCUT2D eigenvalue weighted by Crippen LogP contribution is -1.97. The minimum atomic E-state index is -1.21. The Hall–Kier alpha value is -3.12. The third-order valence-electron chi connectivity index (χ3n) is 3.45. The number of hydrogen-bond acceptors (Lipinski definition) is 2. The lowest BCUT2D eigenvalue weighted by atomic mass is 9.95. The number of nitrogens with zero attached hydrogens (tertiary/aromatic N) is 1. The molecule has 1 N–H and O–H groups in total. The summed E-state index contributed by atoms with van der Waals surface area (Å²) >= 11 is 0. The van der Waals surface area contributed by atoms with Gasteiger partial charge in [-0.05, 0) is 39.3 Å². The van der Waals surface area contributed by atoms with E-state index in [9.17, 15) is 4.79 Å². The fourth-order valence-electron chi connectivity index (χ4n) is 2.49. The summed E-state index contributed by atoms with van der Waals surface area (Å²) in [5.74, 6) is -1.21. The van der Waals surface area contributed by atoms with Gasteiger partial charge in [0.1, 0.15) is 11.6 Å². The Morgan fingerprint density at radius 2 is 1.52 bits per heavy atom. The van der Waals surface area contributed by atoms with Crippen LogP contribution in [-0.4, -0.2) is 11.1 Å². The summed E-state index contributed by atoms with van der Waals surface area (Å²) in [4.78, 5) is 11.1. The third kappa shape index (κ3) is 2.24. The quantitative estimate of drug-likeness (QED) is 0.436. The molecule has 0 radical (unpaired) electrons. The summed E-state index contributed by atoms with van der Waals surface area (Å²) in [6.07, 6.45) is 1.45. The van der Waals surface area contributed by atoms with Gasteiger partial charge in [-0.25, -0.2) is 4.79 Å². The molecule has 0 aliphatic rings. The Kier molecular flexibility index (Phi) is 3.13. The highest BCUT2D eigenvalue weighted by molar-refractivity contribution is 6.09. The highest BCUT2D eigenvalue weighted by Crippen LogP contribution is 2.30.